The molecule has 2 N–H and O–H groups in total. The summed E-state index contributed by atoms with van der Waals surface area (Å²) >= 11 is 0. The van der Waals surface area contributed by atoms with E-state index < -0.39 is 0 Å². The van der Waals surface area contributed by atoms with Crippen molar-refractivity contribution in [3.05, 3.63) is 47.8 Å². The van der Waals surface area contributed by atoms with Crippen LogP contribution < -0.4 is 10.6 Å². The van der Waals surface area contributed by atoms with Gasteiger partial charge >= 0.3 is 6.03 Å². The highest BCUT2D eigenvalue weighted by Gasteiger charge is 2.20. The van der Waals surface area contributed by atoms with Gasteiger partial charge in [-0.15, -0.1) is 0 Å². The Balaban J connectivity index is 1.65. The van der Waals surface area contributed by atoms with Gasteiger partial charge in [0.2, 0.25) is 0 Å². The van der Waals surface area contributed by atoms with Crippen LogP contribution in [0.3, 0.4) is 0 Å². The van der Waals surface area contributed by atoms with Crippen molar-refractivity contribution in [3.8, 4) is 0 Å². The predicted octanol–water partition coefficient (Wildman–Crippen LogP) is 2.56. The molecule has 3 rings (SSSR count). The smallest absolute Gasteiger partial charge is 0.319 e. The zero-order valence-electron chi connectivity index (χ0n) is 16.4. The van der Waals surface area contributed by atoms with Crippen molar-refractivity contribution >= 4 is 17.6 Å². The molecule has 1 aromatic carbocycles. The Morgan fingerprint density at radius 2 is 2.00 bits per heavy atom. The number of hydrogen-bond acceptors (Lipinski definition) is 4. The molecule has 0 bridgehead atoms. The number of methoxy groups -OCH3 is 1. The number of nitrogens with zero attached hydrogens (tertiary/aromatic N) is 3. The van der Waals surface area contributed by atoms with Crippen LogP contribution in [0.1, 0.15) is 41.4 Å². The van der Waals surface area contributed by atoms with Crippen molar-refractivity contribution in [3.63, 3.8) is 0 Å². The average molecular weight is 385 g/mol. The van der Waals surface area contributed by atoms with Crippen molar-refractivity contribution in [2.24, 2.45) is 7.05 Å². The summed E-state index contributed by atoms with van der Waals surface area (Å²) in [7, 11) is 3.39. The van der Waals surface area contributed by atoms with E-state index in [0.717, 1.165) is 31.6 Å². The molecule has 3 amide bonds. The molecular weight excluding hydrogens is 358 g/mol. The summed E-state index contributed by atoms with van der Waals surface area (Å²) in [6.45, 7) is 1.90. The molecule has 28 heavy (non-hydrogen) atoms. The number of aromatic nitrogens is 2. The summed E-state index contributed by atoms with van der Waals surface area (Å²) in [5.41, 5.74) is 1.99. The predicted molar refractivity (Wildman–Crippen MR) is 106 cm³/mol. The molecule has 150 valence electrons. The van der Waals surface area contributed by atoms with E-state index in [1.165, 1.54) is 6.42 Å². The molecule has 1 atom stereocenters. The van der Waals surface area contributed by atoms with E-state index in [-0.39, 0.29) is 18.0 Å². The lowest BCUT2D eigenvalue weighted by Crippen LogP contribution is -2.36. The molecule has 1 aromatic heterocycles. The highest BCUT2D eigenvalue weighted by molar-refractivity contribution is 5.97. The molecule has 1 aliphatic rings. The van der Waals surface area contributed by atoms with Crippen LogP contribution >= 0.6 is 0 Å². The molecule has 0 unspecified atom stereocenters. The average Bonchev–Trinajstić information content (AvgIpc) is 3.14. The topological polar surface area (TPSA) is 88.5 Å². The lowest BCUT2D eigenvalue weighted by atomic mass is 10.1. The molecule has 0 saturated carbocycles. The number of carbonyl (C=O) groups excluding carboxylic acids is 2. The first kappa shape index (κ1) is 19.9. The third-order valence-corrected chi connectivity index (χ3v) is 4.87. The molecule has 0 aliphatic carbocycles. The summed E-state index contributed by atoms with van der Waals surface area (Å²) in [5, 5.41) is 9.83. The Labute approximate surface area is 164 Å². The van der Waals surface area contributed by atoms with Crippen LogP contribution in [0.15, 0.2) is 36.5 Å². The summed E-state index contributed by atoms with van der Waals surface area (Å²) in [6.07, 6.45) is 4.93. The van der Waals surface area contributed by atoms with Gasteiger partial charge in [0.15, 0.2) is 0 Å². The van der Waals surface area contributed by atoms with Crippen molar-refractivity contribution < 1.29 is 14.3 Å². The van der Waals surface area contributed by atoms with Gasteiger partial charge < -0.3 is 20.3 Å². The first-order valence-corrected chi connectivity index (χ1v) is 9.52. The van der Waals surface area contributed by atoms with E-state index in [0.29, 0.717) is 17.9 Å². The zero-order valence-corrected chi connectivity index (χ0v) is 16.4. The third-order valence-electron chi connectivity index (χ3n) is 4.87. The normalized spacial score (nSPS) is 15.1. The second-order valence-electron chi connectivity index (χ2n) is 6.92. The largest absolute Gasteiger partial charge is 0.382 e. The van der Waals surface area contributed by atoms with Gasteiger partial charge in [-0.1, -0.05) is 6.07 Å². The lowest BCUT2D eigenvalue weighted by molar-refractivity contribution is 0.0724. The fourth-order valence-electron chi connectivity index (χ4n) is 3.43. The van der Waals surface area contributed by atoms with Crippen LogP contribution in [0.4, 0.5) is 10.5 Å². The molecule has 0 radical (unpaired) electrons. The monoisotopic (exact) mass is 385 g/mol. The molecule has 1 fully saturated rings. The van der Waals surface area contributed by atoms with Gasteiger partial charge in [0.05, 0.1) is 18.3 Å². The van der Waals surface area contributed by atoms with Gasteiger partial charge in [0, 0.05) is 44.7 Å². The summed E-state index contributed by atoms with van der Waals surface area (Å²) in [6, 6.07) is 8.17. The number of ether oxygens (including phenoxy) is 1. The van der Waals surface area contributed by atoms with Crippen LogP contribution in [0, 0.1) is 0 Å². The molecule has 1 aliphatic heterocycles. The van der Waals surface area contributed by atoms with Crippen LogP contribution in [0.2, 0.25) is 0 Å². The van der Waals surface area contributed by atoms with E-state index in [9.17, 15) is 9.59 Å². The van der Waals surface area contributed by atoms with Crippen molar-refractivity contribution in [1.82, 2.24) is 20.0 Å². The first-order chi connectivity index (χ1) is 13.6. The number of rotatable bonds is 6. The Kier molecular flexibility index (Phi) is 6.65. The molecule has 2 aromatic rings. The quantitative estimate of drug-likeness (QED) is 0.800. The number of hydrogen-bond donors (Lipinski definition) is 2. The van der Waals surface area contributed by atoms with Crippen molar-refractivity contribution in [2.45, 2.75) is 25.3 Å². The van der Waals surface area contributed by atoms with E-state index in [4.69, 9.17) is 4.74 Å². The second kappa shape index (κ2) is 9.36. The van der Waals surface area contributed by atoms with Gasteiger partial charge in [-0.05, 0) is 43.5 Å². The fraction of sp³-hybridized carbons (Fsp3) is 0.450. The number of urea groups is 1. The van der Waals surface area contributed by atoms with Crippen LogP contribution in [0.5, 0.6) is 0 Å². The van der Waals surface area contributed by atoms with Gasteiger partial charge in [0.1, 0.15) is 0 Å². The Hall–Kier alpha value is -2.87. The van der Waals surface area contributed by atoms with Gasteiger partial charge in [-0.3, -0.25) is 9.48 Å². The molecule has 1 saturated heterocycles. The summed E-state index contributed by atoms with van der Waals surface area (Å²) in [4.78, 5) is 27.0. The highest BCUT2D eigenvalue weighted by atomic mass is 16.5. The number of piperidine rings is 1. The summed E-state index contributed by atoms with van der Waals surface area (Å²) in [5.74, 6) is 0.0101. The number of likely N-dealkylation sites (tertiary alicyclic amines) is 1. The van der Waals surface area contributed by atoms with E-state index in [1.807, 2.05) is 18.0 Å². The van der Waals surface area contributed by atoms with Crippen LogP contribution in [0.25, 0.3) is 0 Å². The second-order valence-corrected chi connectivity index (χ2v) is 6.92. The van der Waals surface area contributed by atoms with Crippen LogP contribution in [-0.2, 0) is 11.8 Å². The maximum absolute atomic E-state index is 12.7. The summed E-state index contributed by atoms with van der Waals surface area (Å²) < 4.78 is 6.91. The SMILES string of the molecule is COC[C@H](NC(=O)Nc1cccc(C(=O)N2CCCCC2)c1)c1ccnn1C. The van der Waals surface area contributed by atoms with E-state index >= 15 is 0 Å². The minimum absolute atomic E-state index is 0.0101. The van der Waals surface area contributed by atoms with Gasteiger partial charge in [0.25, 0.3) is 5.91 Å². The molecule has 2 heterocycles. The number of carbonyl (C=O) groups is 2. The third kappa shape index (κ3) is 4.89. The number of aryl methyl sites for hydroxylation is 1. The molecular formula is C20H27N5O3. The highest BCUT2D eigenvalue weighted by Crippen LogP contribution is 2.17. The molecule has 8 nitrogen and oxygen atoms in total. The minimum Gasteiger partial charge on any atom is -0.382 e. The van der Waals surface area contributed by atoms with E-state index in [1.54, 1.807) is 42.3 Å². The maximum Gasteiger partial charge on any atom is 0.319 e. The number of anilines is 1. The zero-order chi connectivity index (χ0) is 19.9. The van der Waals surface area contributed by atoms with Crippen LogP contribution in [-0.4, -0.2) is 53.4 Å². The molecule has 0 spiro atoms. The fourth-order valence-corrected chi connectivity index (χ4v) is 3.43. The Morgan fingerprint density at radius 1 is 1.21 bits per heavy atom. The number of benzene rings is 1. The van der Waals surface area contributed by atoms with Crippen molar-refractivity contribution in [2.75, 3.05) is 32.1 Å². The lowest BCUT2D eigenvalue weighted by Gasteiger charge is -2.26. The maximum atomic E-state index is 12.7. The van der Waals surface area contributed by atoms with E-state index in [2.05, 4.69) is 15.7 Å². The Morgan fingerprint density at radius 3 is 2.68 bits per heavy atom. The minimum atomic E-state index is -0.370. The van der Waals surface area contributed by atoms with Gasteiger partial charge in [-0.2, -0.15) is 5.10 Å². The first-order valence-electron chi connectivity index (χ1n) is 9.52. The Bertz CT molecular complexity index is 814. The number of nitrogens with one attached hydrogen (secondary N) is 2. The molecule has 8 heteroatoms. The standard InChI is InChI=1S/C20H27N5O3/c1-24-18(9-10-21-24)17(14-28-2)23-20(27)22-16-8-6-7-15(13-16)19(26)25-11-4-3-5-12-25/h6-10,13,17H,3-5,11-12,14H2,1-2H3,(H2,22,23,27)/t17-/m0/s1. The number of amides is 3. The van der Waals surface area contributed by atoms with Crippen molar-refractivity contribution in [1.29, 1.82) is 0 Å². The van der Waals surface area contributed by atoms with Gasteiger partial charge in [-0.25, -0.2) is 4.79 Å².